The largest absolute Gasteiger partial charge is 0.373 e. The third kappa shape index (κ3) is 4.52. The van der Waals surface area contributed by atoms with Gasteiger partial charge in [0, 0.05) is 25.7 Å². The molecule has 0 spiro atoms. The van der Waals surface area contributed by atoms with Gasteiger partial charge in [0.15, 0.2) is 11.6 Å². The average molecular weight is 493 g/mol. The molecule has 0 amide bonds. The Morgan fingerprint density at radius 2 is 1.83 bits per heavy atom. The third-order valence-corrected chi connectivity index (χ3v) is 7.16. The van der Waals surface area contributed by atoms with Crippen molar-refractivity contribution in [2.24, 2.45) is 7.05 Å². The monoisotopic (exact) mass is 492 g/mol. The molecule has 35 heavy (non-hydrogen) atoms. The summed E-state index contributed by atoms with van der Waals surface area (Å²) >= 11 is 0. The van der Waals surface area contributed by atoms with E-state index >= 15 is 4.39 Å². The van der Waals surface area contributed by atoms with Crippen LogP contribution in [0, 0.1) is 18.6 Å². The zero-order valence-electron chi connectivity index (χ0n) is 19.5. The normalized spacial score (nSPS) is 23.3. The molecule has 0 N–H and O–H groups in total. The molecule has 3 atom stereocenters. The van der Waals surface area contributed by atoms with Crippen LogP contribution in [0.5, 0.6) is 0 Å². The van der Waals surface area contributed by atoms with E-state index in [1.807, 2.05) is 0 Å². The lowest BCUT2D eigenvalue weighted by atomic mass is 9.99. The molecule has 2 saturated heterocycles. The third-order valence-electron chi connectivity index (χ3n) is 7.16. The lowest BCUT2D eigenvalue weighted by Gasteiger charge is -2.39. The van der Waals surface area contributed by atoms with Crippen LogP contribution in [0.4, 0.5) is 13.2 Å². The maximum Gasteiger partial charge on any atom is 0.356 e. The molecule has 0 saturated carbocycles. The first-order valence-corrected chi connectivity index (χ1v) is 11.7. The number of hydrogen-bond acceptors (Lipinski definition) is 6. The number of rotatable bonds is 7. The number of alkyl halides is 1. The van der Waals surface area contributed by atoms with Gasteiger partial charge < -0.3 is 4.74 Å². The van der Waals surface area contributed by atoms with Crippen molar-refractivity contribution in [2.45, 2.75) is 70.1 Å². The van der Waals surface area contributed by atoms with Crippen molar-refractivity contribution in [3.63, 3.8) is 0 Å². The summed E-state index contributed by atoms with van der Waals surface area (Å²) in [4.78, 5) is 31.1. The highest BCUT2D eigenvalue weighted by Crippen LogP contribution is 2.37. The van der Waals surface area contributed by atoms with Gasteiger partial charge in [-0.2, -0.15) is 4.98 Å². The van der Waals surface area contributed by atoms with E-state index in [2.05, 4.69) is 15.0 Å². The van der Waals surface area contributed by atoms with Gasteiger partial charge >= 0.3 is 11.4 Å². The first-order chi connectivity index (χ1) is 16.7. The first kappa shape index (κ1) is 23.7. The highest BCUT2D eigenvalue weighted by molar-refractivity contribution is 5.26. The lowest BCUT2D eigenvalue weighted by Crippen LogP contribution is -2.49. The predicted molar refractivity (Wildman–Crippen MR) is 120 cm³/mol. The van der Waals surface area contributed by atoms with Crippen LogP contribution in [0.15, 0.2) is 27.8 Å². The SMILES string of the molecule is Cc1nn2c(=O)n(C[C@H](F)CN3C4CCC3CC(OCc3ccc(F)c(F)c3)C4)c(=O)nc2n1C. The van der Waals surface area contributed by atoms with Crippen molar-refractivity contribution in [2.75, 3.05) is 6.54 Å². The molecule has 2 aliphatic rings. The Morgan fingerprint density at radius 1 is 1.11 bits per heavy atom. The van der Waals surface area contributed by atoms with Gasteiger partial charge in [0.25, 0.3) is 0 Å². The fraction of sp³-hybridized carbons (Fsp3) is 0.565. The quantitative estimate of drug-likeness (QED) is 0.499. The Labute approximate surface area is 198 Å². The van der Waals surface area contributed by atoms with Crippen molar-refractivity contribution >= 4 is 5.78 Å². The van der Waals surface area contributed by atoms with Gasteiger partial charge in [-0.3, -0.25) is 9.47 Å². The zero-order chi connectivity index (χ0) is 24.9. The second-order valence-electron chi connectivity index (χ2n) is 9.44. The molecule has 2 aromatic heterocycles. The van der Waals surface area contributed by atoms with Crippen LogP contribution in [0.1, 0.15) is 37.1 Å². The number of aryl methyl sites for hydroxylation is 2. The second kappa shape index (κ2) is 9.23. The van der Waals surface area contributed by atoms with Gasteiger partial charge in [-0.25, -0.2) is 27.3 Å². The minimum atomic E-state index is -1.44. The van der Waals surface area contributed by atoms with Crippen molar-refractivity contribution in [1.82, 2.24) is 28.6 Å². The molecular formula is C23H27F3N6O3. The van der Waals surface area contributed by atoms with E-state index < -0.39 is 35.7 Å². The first-order valence-electron chi connectivity index (χ1n) is 11.7. The summed E-state index contributed by atoms with van der Waals surface area (Å²) in [5, 5.41) is 4.09. The average Bonchev–Trinajstić information content (AvgIpc) is 3.22. The summed E-state index contributed by atoms with van der Waals surface area (Å²) in [5.41, 5.74) is -0.945. The van der Waals surface area contributed by atoms with E-state index in [9.17, 15) is 18.4 Å². The van der Waals surface area contributed by atoms with Gasteiger partial charge in [-0.15, -0.1) is 9.61 Å². The van der Waals surface area contributed by atoms with Gasteiger partial charge in [0.1, 0.15) is 12.0 Å². The topological polar surface area (TPSA) is 86.7 Å². The van der Waals surface area contributed by atoms with Crippen LogP contribution < -0.4 is 11.4 Å². The zero-order valence-corrected chi connectivity index (χ0v) is 19.5. The number of ether oxygens (including phenoxy) is 1. The van der Waals surface area contributed by atoms with Gasteiger partial charge in [-0.1, -0.05) is 6.07 Å². The van der Waals surface area contributed by atoms with E-state index in [-0.39, 0.29) is 37.1 Å². The van der Waals surface area contributed by atoms with Crippen molar-refractivity contribution in [1.29, 1.82) is 0 Å². The molecule has 188 valence electrons. The Balaban J connectivity index is 1.21. The summed E-state index contributed by atoms with van der Waals surface area (Å²) in [6.45, 7) is 1.57. The lowest BCUT2D eigenvalue weighted by molar-refractivity contribution is -0.0342. The summed E-state index contributed by atoms with van der Waals surface area (Å²) in [6.07, 6.45) is 1.73. The van der Waals surface area contributed by atoms with Crippen LogP contribution in [0.3, 0.4) is 0 Å². The van der Waals surface area contributed by atoms with Gasteiger partial charge in [0.05, 0.1) is 19.3 Å². The highest BCUT2D eigenvalue weighted by atomic mass is 19.2. The molecule has 3 aromatic rings. The van der Waals surface area contributed by atoms with E-state index in [1.54, 1.807) is 14.0 Å². The molecule has 9 nitrogen and oxygen atoms in total. The van der Waals surface area contributed by atoms with E-state index in [0.29, 0.717) is 24.2 Å². The maximum absolute atomic E-state index is 15.1. The second-order valence-corrected chi connectivity index (χ2v) is 9.44. The molecule has 12 heteroatoms. The van der Waals surface area contributed by atoms with Gasteiger partial charge in [0.2, 0.25) is 5.78 Å². The summed E-state index contributed by atoms with van der Waals surface area (Å²) in [6, 6.07) is 3.97. The molecule has 4 heterocycles. The van der Waals surface area contributed by atoms with Crippen LogP contribution >= 0.6 is 0 Å². The molecule has 2 bridgehead atoms. The standard InChI is InChI=1S/C23H27F3N6O3/c1-13-28-32-21(29(13)2)27-22(33)31(23(32)34)11-15(24)10-30-16-4-5-17(30)9-18(8-16)35-12-14-3-6-19(25)20(26)7-14/h3,6-7,15-18H,4-5,8-12H2,1-2H3/t15-,16?,17?,18?/m1/s1. The van der Waals surface area contributed by atoms with Crippen LogP contribution in [-0.4, -0.2) is 59.5 Å². The number of nitrogens with zero attached hydrogens (tertiary/aromatic N) is 6. The molecule has 2 fully saturated rings. The van der Waals surface area contributed by atoms with Gasteiger partial charge in [-0.05, 0) is 50.3 Å². The van der Waals surface area contributed by atoms with Crippen molar-refractivity contribution in [3.05, 3.63) is 62.2 Å². The Bertz CT molecular complexity index is 1360. The number of hydrogen-bond donors (Lipinski definition) is 0. The summed E-state index contributed by atoms with van der Waals surface area (Å²) in [5.74, 6) is -1.17. The number of fused-ring (bicyclic) bond motifs is 3. The maximum atomic E-state index is 15.1. The van der Waals surface area contributed by atoms with Crippen LogP contribution in [-0.2, 0) is 24.9 Å². The highest BCUT2D eigenvalue weighted by Gasteiger charge is 2.42. The predicted octanol–water partition coefficient (Wildman–Crippen LogP) is 1.73. The number of piperidine rings is 1. The molecule has 5 rings (SSSR count). The minimum Gasteiger partial charge on any atom is -0.373 e. The Kier molecular flexibility index (Phi) is 6.26. The van der Waals surface area contributed by atoms with Crippen LogP contribution in [0.2, 0.25) is 0 Å². The molecule has 2 unspecified atom stereocenters. The smallest absolute Gasteiger partial charge is 0.356 e. The molecule has 0 radical (unpaired) electrons. The van der Waals surface area contributed by atoms with Crippen molar-refractivity contribution in [3.8, 4) is 0 Å². The van der Waals surface area contributed by atoms with Crippen molar-refractivity contribution < 1.29 is 17.9 Å². The Hall–Kier alpha value is -2.99. The molecule has 1 aromatic carbocycles. The van der Waals surface area contributed by atoms with E-state index in [0.717, 1.165) is 34.1 Å². The Morgan fingerprint density at radius 3 is 2.51 bits per heavy atom. The fourth-order valence-corrected chi connectivity index (χ4v) is 5.28. The minimum absolute atomic E-state index is 0.0545. The summed E-state index contributed by atoms with van der Waals surface area (Å²) in [7, 11) is 1.65. The number of aromatic nitrogens is 5. The summed E-state index contributed by atoms with van der Waals surface area (Å²) < 4.78 is 51.0. The molecular weight excluding hydrogens is 465 g/mol. The van der Waals surface area contributed by atoms with E-state index in [4.69, 9.17) is 4.74 Å². The van der Waals surface area contributed by atoms with E-state index in [1.165, 1.54) is 10.6 Å². The molecule has 0 aliphatic carbocycles. The number of benzene rings is 1. The fourth-order valence-electron chi connectivity index (χ4n) is 5.28. The number of halogens is 3. The van der Waals surface area contributed by atoms with Crippen LogP contribution in [0.25, 0.3) is 5.78 Å². The molecule has 2 aliphatic heterocycles.